The van der Waals surface area contributed by atoms with Crippen LogP contribution in [-0.4, -0.2) is 27.8 Å². The minimum Gasteiger partial charge on any atom is -0.352 e. The number of nitrogens with zero attached hydrogens (tertiary/aromatic N) is 4. The third-order valence-electron chi connectivity index (χ3n) is 4.56. The molecule has 0 fully saturated rings. The van der Waals surface area contributed by atoms with Crippen molar-refractivity contribution in [2.75, 3.05) is 7.05 Å². The lowest BCUT2D eigenvalue weighted by Crippen LogP contribution is -2.37. The molecule has 2 N–H and O–H groups in total. The minimum absolute atomic E-state index is 0.371. The van der Waals surface area contributed by atoms with Crippen LogP contribution in [-0.2, 0) is 32.2 Å². The molecule has 1 aromatic heterocycles. The SMILES string of the molecule is CN=C(NCc1ccc(C(F)(F)F)cc1)NCc1nnc2n1CCCCC2. The molecule has 0 spiro atoms. The van der Waals surface area contributed by atoms with Gasteiger partial charge in [0.25, 0.3) is 0 Å². The van der Waals surface area contributed by atoms with Crippen molar-refractivity contribution in [2.24, 2.45) is 4.99 Å². The van der Waals surface area contributed by atoms with Gasteiger partial charge in [-0.25, -0.2) is 0 Å². The molecule has 0 aliphatic carbocycles. The lowest BCUT2D eigenvalue weighted by atomic mass is 10.1. The highest BCUT2D eigenvalue weighted by molar-refractivity contribution is 5.79. The Bertz CT molecular complexity index is 779. The quantitative estimate of drug-likeness (QED) is 0.632. The van der Waals surface area contributed by atoms with Crippen LogP contribution in [0.4, 0.5) is 13.2 Å². The highest BCUT2D eigenvalue weighted by Crippen LogP contribution is 2.29. The van der Waals surface area contributed by atoms with Crippen LogP contribution in [0.2, 0.25) is 0 Å². The molecule has 146 valence electrons. The lowest BCUT2D eigenvalue weighted by Gasteiger charge is -2.13. The van der Waals surface area contributed by atoms with Gasteiger partial charge in [0, 0.05) is 26.6 Å². The van der Waals surface area contributed by atoms with Crippen molar-refractivity contribution in [1.82, 2.24) is 25.4 Å². The van der Waals surface area contributed by atoms with Crippen LogP contribution in [0.15, 0.2) is 29.3 Å². The lowest BCUT2D eigenvalue weighted by molar-refractivity contribution is -0.137. The summed E-state index contributed by atoms with van der Waals surface area (Å²) in [5.74, 6) is 2.45. The zero-order valence-corrected chi connectivity index (χ0v) is 15.2. The first-order valence-electron chi connectivity index (χ1n) is 8.99. The Morgan fingerprint density at radius 1 is 1.07 bits per heavy atom. The highest BCUT2D eigenvalue weighted by atomic mass is 19.4. The van der Waals surface area contributed by atoms with Crippen molar-refractivity contribution in [1.29, 1.82) is 0 Å². The summed E-state index contributed by atoms with van der Waals surface area (Å²) >= 11 is 0. The van der Waals surface area contributed by atoms with E-state index in [-0.39, 0.29) is 0 Å². The summed E-state index contributed by atoms with van der Waals surface area (Å²) in [4.78, 5) is 4.15. The van der Waals surface area contributed by atoms with Crippen molar-refractivity contribution < 1.29 is 13.2 Å². The van der Waals surface area contributed by atoms with Crippen LogP contribution in [0.3, 0.4) is 0 Å². The second-order valence-corrected chi connectivity index (χ2v) is 6.47. The third kappa shape index (κ3) is 4.99. The molecular weight excluding hydrogens is 357 g/mol. The monoisotopic (exact) mass is 380 g/mol. The molecule has 2 aromatic rings. The number of benzene rings is 1. The average Bonchev–Trinajstić information content (AvgIpc) is 2.88. The Labute approximate surface area is 155 Å². The molecule has 0 radical (unpaired) electrons. The summed E-state index contributed by atoms with van der Waals surface area (Å²) < 4.78 is 40.0. The largest absolute Gasteiger partial charge is 0.416 e. The maximum atomic E-state index is 12.6. The van der Waals surface area contributed by atoms with Crippen LogP contribution in [0, 0.1) is 0 Å². The average molecular weight is 380 g/mol. The Morgan fingerprint density at radius 2 is 1.81 bits per heavy atom. The Hall–Kier alpha value is -2.58. The van der Waals surface area contributed by atoms with E-state index in [4.69, 9.17) is 0 Å². The van der Waals surface area contributed by atoms with Gasteiger partial charge in [-0.05, 0) is 30.5 Å². The predicted molar refractivity (Wildman–Crippen MR) is 96.1 cm³/mol. The number of aromatic nitrogens is 3. The van der Waals surface area contributed by atoms with E-state index in [9.17, 15) is 13.2 Å². The van der Waals surface area contributed by atoms with Gasteiger partial charge < -0.3 is 15.2 Å². The number of halogens is 3. The molecule has 1 aromatic carbocycles. The number of nitrogens with one attached hydrogen (secondary N) is 2. The Kier molecular flexibility index (Phi) is 5.98. The number of alkyl halides is 3. The summed E-state index contributed by atoms with van der Waals surface area (Å²) in [6.45, 7) is 1.78. The van der Waals surface area contributed by atoms with E-state index in [1.807, 2.05) is 0 Å². The van der Waals surface area contributed by atoms with Crippen LogP contribution >= 0.6 is 0 Å². The topological polar surface area (TPSA) is 67.1 Å². The first-order chi connectivity index (χ1) is 13.0. The predicted octanol–water partition coefficient (Wildman–Crippen LogP) is 2.89. The van der Waals surface area contributed by atoms with Crippen LogP contribution in [0.5, 0.6) is 0 Å². The van der Waals surface area contributed by atoms with Gasteiger partial charge in [-0.2, -0.15) is 13.2 Å². The molecule has 0 saturated heterocycles. The zero-order chi connectivity index (χ0) is 19.3. The van der Waals surface area contributed by atoms with Gasteiger partial charge in [0.15, 0.2) is 11.8 Å². The normalized spacial score (nSPS) is 15.2. The summed E-state index contributed by atoms with van der Waals surface area (Å²) in [7, 11) is 1.65. The fourth-order valence-corrected chi connectivity index (χ4v) is 3.06. The summed E-state index contributed by atoms with van der Waals surface area (Å²) in [5.41, 5.74) is 0.0866. The number of rotatable bonds is 4. The molecule has 3 rings (SSSR count). The molecule has 9 heteroatoms. The smallest absolute Gasteiger partial charge is 0.352 e. The van der Waals surface area contributed by atoms with Crippen molar-refractivity contribution in [3.05, 3.63) is 47.0 Å². The van der Waals surface area contributed by atoms with Crippen LogP contribution < -0.4 is 10.6 Å². The summed E-state index contributed by atoms with van der Waals surface area (Å²) in [5, 5.41) is 14.8. The molecule has 0 amide bonds. The van der Waals surface area contributed by atoms with Gasteiger partial charge >= 0.3 is 6.18 Å². The molecule has 1 aliphatic rings. The molecular formula is C18H23F3N6. The van der Waals surface area contributed by atoms with Crippen molar-refractivity contribution in [3.63, 3.8) is 0 Å². The first kappa shape index (κ1) is 19.2. The highest BCUT2D eigenvalue weighted by Gasteiger charge is 2.29. The second kappa shape index (κ2) is 8.41. The van der Waals surface area contributed by atoms with Gasteiger partial charge in [-0.15, -0.1) is 10.2 Å². The van der Waals surface area contributed by atoms with Crippen LogP contribution in [0.25, 0.3) is 0 Å². The molecule has 0 saturated carbocycles. The zero-order valence-electron chi connectivity index (χ0n) is 15.2. The fourth-order valence-electron chi connectivity index (χ4n) is 3.06. The summed E-state index contributed by atoms with van der Waals surface area (Å²) in [6.07, 6.45) is 0.0984. The molecule has 6 nitrogen and oxygen atoms in total. The van der Waals surface area contributed by atoms with Crippen molar-refractivity contribution >= 4 is 5.96 Å². The molecule has 2 heterocycles. The van der Waals surface area contributed by atoms with E-state index in [1.54, 1.807) is 7.05 Å². The number of hydrogen-bond donors (Lipinski definition) is 2. The van der Waals surface area contributed by atoms with E-state index in [0.29, 0.717) is 19.0 Å². The van der Waals surface area contributed by atoms with E-state index >= 15 is 0 Å². The first-order valence-corrected chi connectivity index (χ1v) is 8.99. The molecule has 0 unspecified atom stereocenters. The maximum Gasteiger partial charge on any atom is 0.416 e. The molecule has 0 atom stereocenters. The van der Waals surface area contributed by atoms with Gasteiger partial charge in [0.1, 0.15) is 5.82 Å². The molecule has 1 aliphatic heterocycles. The fraction of sp³-hybridized carbons (Fsp3) is 0.500. The molecule has 27 heavy (non-hydrogen) atoms. The number of aryl methyl sites for hydroxylation is 1. The summed E-state index contributed by atoms with van der Waals surface area (Å²) in [6, 6.07) is 5.08. The standard InChI is InChI=1S/C18H23F3N6/c1-22-17(23-11-13-6-8-14(9-7-13)18(19,20)21)24-12-16-26-25-15-5-3-2-4-10-27(15)16/h6-9H,2-5,10-12H2,1H3,(H2,22,23,24). The van der Waals surface area contributed by atoms with Gasteiger partial charge in [-0.1, -0.05) is 18.6 Å². The second-order valence-electron chi connectivity index (χ2n) is 6.47. The minimum atomic E-state index is -4.32. The number of fused-ring (bicyclic) bond motifs is 1. The van der Waals surface area contributed by atoms with Crippen molar-refractivity contribution in [2.45, 2.75) is 51.5 Å². The number of guanidine groups is 1. The van der Waals surface area contributed by atoms with Crippen LogP contribution in [0.1, 0.15) is 42.0 Å². The Balaban J connectivity index is 1.54. The van der Waals surface area contributed by atoms with Gasteiger partial charge in [-0.3, -0.25) is 4.99 Å². The van der Waals surface area contributed by atoms with Gasteiger partial charge in [0.05, 0.1) is 12.1 Å². The maximum absolute atomic E-state index is 12.6. The third-order valence-corrected chi connectivity index (χ3v) is 4.56. The van der Waals surface area contributed by atoms with E-state index < -0.39 is 11.7 Å². The molecule has 0 bridgehead atoms. The Morgan fingerprint density at radius 3 is 2.52 bits per heavy atom. The van der Waals surface area contributed by atoms with Gasteiger partial charge in [0.2, 0.25) is 0 Å². The van der Waals surface area contributed by atoms with E-state index in [0.717, 1.165) is 55.2 Å². The van der Waals surface area contributed by atoms with E-state index in [1.165, 1.54) is 18.6 Å². The number of aliphatic imine (C=N–C) groups is 1. The van der Waals surface area contributed by atoms with E-state index in [2.05, 4.69) is 30.4 Å². The van der Waals surface area contributed by atoms with Crippen molar-refractivity contribution in [3.8, 4) is 0 Å². The number of hydrogen-bond acceptors (Lipinski definition) is 3.